The van der Waals surface area contributed by atoms with Crippen LogP contribution in [0, 0.1) is 6.92 Å². The Kier molecular flexibility index (Phi) is 4.80. The largest absolute Gasteiger partial charge is 0.496 e. The van der Waals surface area contributed by atoms with Gasteiger partial charge in [0.2, 0.25) is 0 Å². The molecule has 2 nitrogen and oxygen atoms in total. The lowest BCUT2D eigenvalue weighted by Crippen LogP contribution is -2.23. The molecule has 0 aromatic heterocycles. The summed E-state index contributed by atoms with van der Waals surface area (Å²) in [5, 5.41) is 3.63. The topological polar surface area (TPSA) is 21.3 Å². The fourth-order valence-corrected chi connectivity index (χ4v) is 2.49. The van der Waals surface area contributed by atoms with Crippen molar-refractivity contribution in [3.05, 3.63) is 65.2 Å². The standard InChI is InChI=1S/C18H23NO/c1-13-10-11-18(20-4)17(12-13)15(3)19-14(2)16-8-6-5-7-9-16/h5-12,14-15,19H,1-4H3/t14-,15?/m1/s1. The second kappa shape index (κ2) is 6.58. The van der Waals surface area contributed by atoms with Crippen LogP contribution in [0.5, 0.6) is 5.75 Å². The monoisotopic (exact) mass is 269 g/mol. The molecule has 1 unspecified atom stereocenters. The van der Waals surface area contributed by atoms with Crippen molar-refractivity contribution in [3.8, 4) is 5.75 Å². The van der Waals surface area contributed by atoms with Crippen LogP contribution in [-0.4, -0.2) is 7.11 Å². The average molecular weight is 269 g/mol. The minimum atomic E-state index is 0.236. The summed E-state index contributed by atoms with van der Waals surface area (Å²) < 4.78 is 5.47. The van der Waals surface area contributed by atoms with E-state index in [0.717, 1.165) is 5.75 Å². The highest BCUT2D eigenvalue weighted by Crippen LogP contribution is 2.28. The summed E-state index contributed by atoms with van der Waals surface area (Å²) in [6, 6.07) is 17.3. The van der Waals surface area contributed by atoms with Crippen LogP contribution in [-0.2, 0) is 0 Å². The van der Waals surface area contributed by atoms with Crippen LogP contribution in [0.4, 0.5) is 0 Å². The number of rotatable bonds is 5. The molecule has 2 atom stereocenters. The molecule has 0 radical (unpaired) electrons. The van der Waals surface area contributed by atoms with Gasteiger partial charge >= 0.3 is 0 Å². The van der Waals surface area contributed by atoms with Gasteiger partial charge in [0.25, 0.3) is 0 Å². The summed E-state index contributed by atoms with van der Waals surface area (Å²) in [6.07, 6.45) is 0. The molecule has 2 rings (SSSR count). The van der Waals surface area contributed by atoms with Crippen molar-refractivity contribution in [1.82, 2.24) is 5.32 Å². The molecule has 0 aliphatic carbocycles. The molecule has 0 saturated carbocycles. The zero-order chi connectivity index (χ0) is 14.5. The normalized spacial score (nSPS) is 13.8. The fourth-order valence-electron chi connectivity index (χ4n) is 2.49. The first kappa shape index (κ1) is 14.6. The number of hydrogen-bond donors (Lipinski definition) is 1. The van der Waals surface area contributed by atoms with Crippen LogP contribution in [0.1, 0.15) is 42.6 Å². The SMILES string of the molecule is COc1ccc(C)cc1C(C)N[C@H](C)c1ccccc1. The van der Waals surface area contributed by atoms with Gasteiger partial charge in [-0.05, 0) is 32.4 Å². The summed E-state index contributed by atoms with van der Waals surface area (Å²) in [5.74, 6) is 0.941. The molecule has 1 N–H and O–H groups in total. The predicted octanol–water partition coefficient (Wildman–Crippen LogP) is 4.42. The van der Waals surface area contributed by atoms with Crippen molar-refractivity contribution >= 4 is 0 Å². The van der Waals surface area contributed by atoms with Crippen molar-refractivity contribution in [2.45, 2.75) is 32.9 Å². The van der Waals surface area contributed by atoms with Gasteiger partial charge in [-0.3, -0.25) is 0 Å². The zero-order valence-corrected chi connectivity index (χ0v) is 12.7. The molecule has 0 fully saturated rings. The van der Waals surface area contributed by atoms with Gasteiger partial charge in [-0.25, -0.2) is 0 Å². The van der Waals surface area contributed by atoms with Crippen LogP contribution in [0.25, 0.3) is 0 Å². The molecule has 0 amide bonds. The Morgan fingerprint density at radius 3 is 2.30 bits per heavy atom. The second-order valence-electron chi connectivity index (χ2n) is 5.27. The average Bonchev–Trinajstić information content (AvgIpc) is 2.48. The maximum Gasteiger partial charge on any atom is 0.123 e. The van der Waals surface area contributed by atoms with Gasteiger partial charge in [-0.1, -0.05) is 48.0 Å². The molecular formula is C18H23NO. The van der Waals surface area contributed by atoms with Crippen molar-refractivity contribution in [2.75, 3.05) is 7.11 Å². The van der Waals surface area contributed by atoms with Gasteiger partial charge in [0, 0.05) is 17.6 Å². The predicted molar refractivity (Wildman–Crippen MR) is 84.1 cm³/mol. The van der Waals surface area contributed by atoms with Gasteiger partial charge in [-0.2, -0.15) is 0 Å². The van der Waals surface area contributed by atoms with Crippen molar-refractivity contribution in [1.29, 1.82) is 0 Å². The number of hydrogen-bond acceptors (Lipinski definition) is 2. The smallest absolute Gasteiger partial charge is 0.123 e. The molecule has 2 heteroatoms. The Hall–Kier alpha value is -1.80. The van der Waals surface area contributed by atoms with Crippen LogP contribution in [0.3, 0.4) is 0 Å². The molecule has 0 heterocycles. The maximum absolute atomic E-state index is 5.47. The third kappa shape index (κ3) is 3.40. The van der Waals surface area contributed by atoms with Crippen LogP contribution in [0.15, 0.2) is 48.5 Å². The summed E-state index contributed by atoms with van der Waals surface area (Å²) in [4.78, 5) is 0. The molecule has 0 aliphatic heterocycles. The van der Waals surface area contributed by atoms with Crippen LogP contribution in [0.2, 0.25) is 0 Å². The lowest BCUT2D eigenvalue weighted by Gasteiger charge is -2.22. The lowest BCUT2D eigenvalue weighted by molar-refractivity contribution is 0.396. The first-order valence-corrected chi connectivity index (χ1v) is 7.07. The highest BCUT2D eigenvalue weighted by Gasteiger charge is 2.14. The third-order valence-electron chi connectivity index (χ3n) is 3.65. The number of benzene rings is 2. The quantitative estimate of drug-likeness (QED) is 0.867. The summed E-state index contributed by atoms with van der Waals surface area (Å²) in [6.45, 7) is 6.47. The number of methoxy groups -OCH3 is 1. The van der Waals surface area contributed by atoms with E-state index >= 15 is 0 Å². The van der Waals surface area contributed by atoms with E-state index in [0.29, 0.717) is 6.04 Å². The Balaban J connectivity index is 2.16. The van der Waals surface area contributed by atoms with Gasteiger partial charge in [-0.15, -0.1) is 0 Å². The van der Waals surface area contributed by atoms with E-state index in [-0.39, 0.29) is 6.04 Å². The first-order valence-electron chi connectivity index (χ1n) is 7.07. The van der Waals surface area contributed by atoms with E-state index in [1.54, 1.807) is 7.11 Å². The van der Waals surface area contributed by atoms with E-state index in [2.05, 4.69) is 62.5 Å². The first-order chi connectivity index (χ1) is 9.61. The molecule has 0 bridgehead atoms. The van der Waals surface area contributed by atoms with Gasteiger partial charge in [0.1, 0.15) is 5.75 Å². The summed E-state index contributed by atoms with van der Waals surface area (Å²) in [5.41, 5.74) is 3.75. The van der Waals surface area contributed by atoms with Gasteiger partial charge in [0.15, 0.2) is 0 Å². The molecule has 106 valence electrons. The van der Waals surface area contributed by atoms with E-state index in [9.17, 15) is 0 Å². The van der Waals surface area contributed by atoms with E-state index in [4.69, 9.17) is 4.74 Å². The molecule has 0 saturated heterocycles. The highest BCUT2D eigenvalue weighted by atomic mass is 16.5. The van der Waals surface area contributed by atoms with Crippen LogP contribution < -0.4 is 10.1 Å². The minimum Gasteiger partial charge on any atom is -0.496 e. The summed E-state index contributed by atoms with van der Waals surface area (Å²) in [7, 11) is 1.72. The molecule has 2 aromatic rings. The van der Waals surface area contributed by atoms with Gasteiger partial charge < -0.3 is 10.1 Å². The van der Waals surface area contributed by atoms with E-state index < -0.39 is 0 Å². The van der Waals surface area contributed by atoms with Gasteiger partial charge in [0.05, 0.1) is 7.11 Å². The minimum absolute atomic E-state index is 0.236. The number of ether oxygens (including phenoxy) is 1. The fraction of sp³-hybridized carbons (Fsp3) is 0.333. The van der Waals surface area contributed by atoms with E-state index in [1.165, 1.54) is 16.7 Å². The van der Waals surface area contributed by atoms with E-state index in [1.807, 2.05) is 12.1 Å². The summed E-state index contributed by atoms with van der Waals surface area (Å²) >= 11 is 0. The maximum atomic E-state index is 5.47. The molecule has 2 aromatic carbocycles. The highest BCUT2D eigenvalue weighted by molar-refractivity contribution is 5.39. The second-order valence-corrected chi connectivity index (χ2v) is 5.27. The molecular weight excluding hydrogens is 246 g/mol. The third-order valence-corrected chi connectivity index (χ3v) is 3.65. The molecule has 0 aliphatic rings. The Bertz CT molecular complexity index is 551. The lowest BCUT2D eigenvalue weighted by atomic mass is 10.0. The molecule has 0 spiro atoms. The zero-order valence-electron chi connectivity index (χ0n) is 12.7. The van der Waals surface area contributed by atoms with Crippen molar-refractivity contribution < 1.29 is 4.74 Å². The van der Waals surface area contributed by atoms with Crippen molar-refractivity contribution in [2.24, 2.45) is 0 Å². The number of nitrogens with one attached hydrogen (secondary N) is 1. The Labute approximate surface area is 121 Å². The Morgan fingerprint density at radius 1 is 0.950 bits per heavy atom. The number of aryl methyl sites for hydroxylation is 1. The molecule has 20 heavy (non-hydrogen) atoms. The Morgan fingerprint density at radius 2 is 1.65 bits per heavy atom. The van der Waals surface area contributed by atoms with Crippen molar-refractivity contribution in [3.63, 3.8) is 0 Å². The van der Waals surface area contributed by atoms with Crippen LogP contribution >= 0.6 is 0 Å².